The molecular weight excluding hydrogens is 332 g/mol. The lowest BCUT2D eigenvalue weighted by Crippen LogP contribution is -2.30. The van der Waals surface area contributed by atoms with Gasteiger partial charge in [-0.05, 0) is 60.2 Å². The van der Waals surface area contributed by atoms with E-state index < -0.39 is 0 Å². The van der Waals surface area contributed by atoms with Gasteiger partial charge in [-0.15, -0.1) is 0 Å². The van der Waals surface area contributed by atoms with Crippen LogP contribution in [-0.2, 0) is 6.54 Å². The molecule has 0 bridgehead atoms. The fourth-order valence-electron chi connectivity index (χ4n) is 3.46. The second-order valence-corrected chi connectivity index (χ2v) is 6.92. The normalized spacial score (nSPS) is 14.9. The van der Waals surface area contributed by atoms with Crippen LogP contribution < -0.4 is 10.6 Å². The minimum atomic E-state index is 0.452. The molecule has 1 aromatic heterocycles. The largest absolute Gasteiger partial charge is 0.355 e. The van der Waals surface area contributed by atoms with Crippen molar-refractivity contribution in [3.8, 4) is 11.1 Å². The summed E-state index contributed by atoms with van der Waals surface area (Å²) in [7, 11) is 0. The van der Waals surface area contributed by atoms with Crippen molar-refractivity contribution in [2.75, 3.05) is 18.0 Å². The van der Waals surface area contributed by atoms with Crippen molar-refractivity contribution in [3.05, 3.63) is 53.2 Å². The van der Waals surface area contributed by atoms with Gasteiger partial charge < -0.3 is 10.6 Å². The first-order valence-electron chi connectivity index (χ1n) is 8.75. The van der Waals surface area contributed by atoms with Crippen LogP contribution in [0.25, 0.3) is 22.2 Å². The van der Waals surface area contributed by atoms with E-state index >= 15 is 0 Å². The van der Waals surface area contributed by atoms with Gasteiger partial charge in [0.05, 0.1) is 17.2 Å². The molecule has 1 saturated heterocycles. The van der Waals surface area contributed by atoms with Gasteiger partial charge in [0.1, 0.15) is 5.82 Å². The summed E-state index contributed by atoms with van der Waals surface area (Å²) in [4.78, 5) is 11.8. The summed E-state index contributed by atoms with van der Waals surface area (Å²) in [5.74, 6) is 0.972. The number of anilines is 1. The maximum atomic E-state index is 6.10. The van der Waals surface area contributed by atoms with Crippen molar-refractivity contribution < 1.29 is 0 Å². The third-order valence-corrected chi connectivity index (χ3v) is 5.04. The summed E-state index contributed by atoms with van der Waals surface area (Å²) < 4.78 is 0. The van der Waals surface area contributed by atoms with Crippen molar-refractivity contribution in [2.45, 2.75) is 25.8 Å². The van der Waals surface area contributed by atoms with Gasteiger partial charge in [0.15, 0.2) is 0 Å². The molecule has 1 aliphatic heterocycles. The summed E-state index contributed by atoms with van der Waals surface area (Å²) in [5.41, 5.74) is 10.9. The molecule has 0 amide bonds. The Bertz CT molecular complexity index is 903. The van der Waals surface area contributed by atoms with Crippen LogP contribution in [0.1, 0.15) is 24.8 Å². The Hall–Kier alpha value is -2.17. The van der Waals surface area contributed by atoms with Gasteiger partial charge >= 0.3 is 0 Å². The topological polar surface area (TPSA) is 55.0 Å². The Morgan fingerprint density at radius 2 is 1.84 bits per heavy atom. The molecule has 0 atom stereocenters. The van der Waals surface area contributed by atoms with Crippen LogP contribution in [0.4, 0.5) is 5.82 Å². The van der Waals surface area contributed by atoms with E-state index in [0.717, 1.165) is 46.6 Å². The van der Waals surface area contributed by atoms with Crippen LogP contribution >= 0.6 is 11.6 Å². The molecule has 1 aliphatic rings. The number of hydrogen-bond donors (Lipinski definition) is 1. The van der Waals surface area contributed by atoms with Crippen LogP contribution in [0.2, 0.25) is 5.02 Å². The van der Waals surface area contributed by atoms with E-state index in [0.29, 0.717) is 11.6 Å². The zero-order valence-electron chi connectivity index (χ0n) is 14.1. The van der Waals surface area contributed by atoms with Gasteiger partial charge in [0, 0.05) is 24.7 Å². The smallest absolute Gasteiger partial charge is 0.147 e. The first-order chi connectivity index (χ1) is 12.2. The predicted octanol–water partition coefficient (Wildman–Crippen LogP) is 4.40. The lowest BCUT2D eigenvalue weighted by molar-refractivity contribution is 0.573. The molecule has 128 valence electrons. The quantitative estimate of drug-likeness (QED) is 0.759. The van der Waals surface area contributed by atoms with E-state index in [1.54, 1.807) is 0 Å². The van der Waals surface area contributed by atoms with Crippen LogP contribution in [0, 0.1) is 0 Å². The van der Waals surface area contributed by atoms with Crippen LogP contribution in [0.3, 0.4) is 0 Å². The molecule has 25 heavy (non-hydrogen) atoms. The molecule has 0 unspecified atom stereocenters. The Labute approximate surface area is 152 Å². The highest BCUT2D eigenvalue weighted by Crippen LogP contribution is 2.29. The van der Waals surface area contributed by atoms with Crippen molar-refractivity contribution >= 4 is 28.5 Å². The molecule has 1 fully saturated rings. The number of halogens is 1. The van der Waals surface area contributed by atoms with E-state index in [9.17, 15) is 0 Å². The van der Waals surface area contributed by atoms with E-state index in [2.05, 4.69) is 22.0 Å². The van der Waals surface area contributed by atoms with Gasteiger partial charge in [0.25, 0.3) is 0 Å². The molecule has 0 saturated carbocycles. The highest BCUT2D eigenvalue weighted by Gasteiger charge is 2.13. The van der Waals surface area contributed by atoms with Crippen LogP contribution in [0.5, 0.6) is 0 Å². The fraction of sp³-hybridized carbons (Fsp3) is 0.300. The number of hydrogen-bond acceptors (Lipinski definition) is 4. The van der Waals surface area contributed by atoms with Crippen molar-refractivity contribution in [3.63, 3.8) is 0 Å². The molecule has 5 heteroatoms. The summed E-state index contributed by atoms with van der Waals surface area (Å²) in [5, 5.41) is 0.706. The summed E-state index contributed by atoms with van der Waals surface area (Å²) in [6.45, 7) is 2.58. The molecule has 0 spiro atoms. The fourth-order valence-corrected chi connectivity index (χ4v) is 3.65. The maximum Gasteiger partial charge on any atom is 0.147 e. The molecule has 4 rings (SSSR count). The van der Waals surface area contributed by atoms with E-state index in [-0.39, 0.29) is 0 Å². The van der Waals surface area contributed by atoms with E-state index in [4.69, 9.17) is 22.3 Å². The monoisotopic (exact) mass is 352 g/mol. The molecule has 2 aromatic carbocycles. The first kappa shape index (κ1) is 16.3. The number of rotatable bonds is 3. The van der Waals surface area contributed by atoms with E-state index in [1.807, 2.05) is 30.5 Å². The standard InChI is InChI=1S/C20H21ClN4/c21-16-5-6-17(15(10-16)12-22)14-4-7-18-19(11-14)24-20(13-23-18)25-8-2-1-3-9-25/h4-7,10-11,13H,1-3,8-9,12,22H2. The van der Waals surface area contributed by atoms with Crippen LogP contribution in [-0.4, -0.2) is 23.1 Å². The zero-order chi connectivity index (χ0) is 17.2. The molecule has 0 aliphatic carbocycles. The molecular formula is C20H21ClN4. The minimum absolute atomic E-state index is 0.452. The summed E-state index contributed by atoms with van der Waals surface area (Å²) in [6.07, 6.45) is 5.65. The van der Waals surface area contributed by atoms with Gasteiger partial charge in [-0.3, -0.25) is 4.98 Å². The third-order valence-electron chi connectivity index (χ3n) is 4.81. The minimum Gasteiger partial charge on any atom is -0.355 e. The number of fused-ring (bicyclic) bond motifs is 1. The maximum absolute atomic E-state index is 6.10. The molecule has 2 N–H and O–H groups in total. The molecule has 4 nitrogen and oxygen atoms in total. The average Bonchev–Trinajstić information content (AvgIpc) is 2.67. The Morgan fingerprint density at radius 1 is 1.00 bits per heavy atom. The van der Waals surface area contributed by atoms with Crippen LogP contribution in [0.15, 0.2) is 42.6 Å². The second kappa shape index (κ2) is 6.98. The van der Waals surface area contributed by atoms with Gasteiger partial charge in [-0.25, -0.2) is 4.98 Å². The number of nitrogens with zero attached hydrogens (tertiary/aromatic N) is 3. The third kappa shape index (κ3) is 3.32. The first-order valence-corrected chi connectivity index (χ1v) is 9.13. The van der Waals surface area contributed by atoms with Gasteiger partial charge in [-0.1, -0.05) is 23.7 Å². The number of nitrogens with two attached hydrogens (primary N) is 1. The van der Waals surface area contributed by atoms with Crippen molar-refractivity contribution in [1.82, 2.24) is 9.97 Å². The highest BCUT2D eigenvalue weighted by atomic mass is 35.5. The second-order valence-electron chi connectivity index (χ2n) is 6.48. The lowest BCUT2D eigenvalue weighted by Gasteiger charge is -2.27. The number of piperidine rings is 1. The zero-order valence-corrected chi connectivity index (χ0v) is 14.8. The SMILES string of the molecule is NCc1cc(Cl)ccc1-c1ccc2ncc(N3CCCCC3)nc2c1. The Balaban J connectivity index is 1.76. The Kier molecular flexibility index (Phi) is 4.55. The Morgan fingerprint density at radius 3 is 2.64 bits per heavy atom. The average molecular weight is 353 g/mol. The lowest BCUT2D eigenvalue weighted by atomic mass is 9.99. The summed E-state index contributed by atoms with van der Waals surface area (Å²) >= 11 is 6.10. The molecule has 3 aromatic rings. The molecule has 0 radical (unpaired) electrons. The number of benzene rings is 2. The summed E-state index contributed by atoms with van der Waals surface area (Å²) in [6, 6.07) is 12.0. The highest BCUT2D eigenvalue weighted by molar-refractivity contribution is 6.30. The molecule has 2 heterocycles. The van der Waals surface area contributed by atoms with Gasteiger partial charge in [0.2, 0.25) is 0 Å². The van der Waals surface area contributed by atoms with Gasteiger partial charge in [-0.2, -0.15) is 0 Å². The predicted molar refractivity (Wildman–Crippen MR) is 104 cm³/mol. The number of aromatic nitrogens is 2. The van der Waals surface area contributed by atoms with E-state index in [1.165, 1.54) is 19.3 Å². The van der Waals surface area contributed by atoms with Crippen molar-refractivity contribution in [2.24, 2.45) is 5.73 Å². The van der Waals surface area contributed by atoms with Crippen molar-refractivity contribution in [1.29, 1.82) is 0 Å².